The van der Waals surface area contributed by atoms with Crippen molar-refractivity contribution in [3.05, 3.63) is 39.4 Å². The van der Waals surface area contributed by atoms with E-state index in [-0.39, 0.29) is 23.7 Å². The monoisotopic (exact) mass is 328 g/mol. The molecule has 0 radical (unpaired) electrons. The second-order valence-electron chi connectivity index (χ2n) is 5.33. The molecule has 122 valence electrons. The molecule has 1 unspecified atom stereocenters. The van der Waals surface area contributed by atoms with Crippen LogP contribution in [-0.2, 0) is 6.54 Å². The number of primary amides is 1. The maximum atomic E-state index is 11.2. The number of amides is 1. The number of hydrogen-bond acceptors (Lipinski definition) is 5. The first-order chi connectivity index (χ1) is 10.0. The smallest absolute Gasteiger partial charge is 0.274 e. The highest BCUT2D eigenvalue weighted by atomic mass is 35.5. The van der Waals surface area contributed by atoms with Crippen LogP contribution in [-0.4, -0.2) is 41.9 Å². The summed E-state index contributed by atoms with van der Waals surface area (Å²) in [5.41, 5.74) is 5.91. The Hall–Kier alpha value is -1.70. The van der Waals surface area contributed by atoms with Crippen LogP contribution in [0.15, 0.2) is 18.2 Å². The zero-order chi connectivity index (χ0) is 15.4. The van der Waals surface area contributed by atoms with E-state index in [0.29, 0.717) is 18.2 Å². The molecule has 2 rings (SSSR count). The molecule has 0 spiro atoms. The number of rotatable bonds is 5. The number of carbonyl (C=O) groups excluding carboxylic acids is 1. The molecule has 0 aliphatic carbocycles. The number of nitro groups is 1. The minimum Gasteiger partial charge on any atom is -0.366 e. The molecular formula is C14H21ClN4O3. The Bertz CT molecular complexity index is 553. The third-order valence-electron chi connectivity index (χ3n) is 3.87. The summed E-state index contributed by atoms with van der Waals surface area (Å²) in [6.07, 6.45) is 2.19. The molecule has 7 nitrogen and oxygen atoms in total. The standard InChI is InChI=1S/C14H20N4O3.ClH/c1-16-12-3-2-6-17(9-12)8-11-5-4-10(14(15)19)7-13(11)18(20)21;/h4-5,7,12,16H,2-3,6,8-9H2,1H3,(H2,15,19);1H. The van der Waals surface area contributed by atoms with Crippen molar-refractivity contribution in [3.63, 3.8) is 0 Å². The number of nitro benzene ring substituents is 1. The highest BCUT2D eigenvalue weighted by Crippen LogP contribution is 2.23. The number of likely N-dealkylation sites (tertiary alicyclic amines) is 1. The van der Waals surface area contributed by atoms with Gasteiger partial charge in [-0.15, -0.1) is 12.4 Å². The van der Waals surface area contributed by atoms with Crippen molar-refractivity contribution in [2.45, 2.75) is 25.4 Å². The van der Waals surface area contributed by atoms with Crippen LogP contribution in [0.4, 0.5) is 5.69 Å². The van der Waals surface area contributed by atoms with Crippen LogP contribution in [0.3, 0.4) is 0 Å². The largest absolute Gasteiger partial charge is 0.366 e. The van der Waals surface area contributed by atoms with Crippen LogP contribution in [0.1, 0.15) is 28.8 Å². The first kappa shape index (κ1) is 18.3. The summed E-state index contributed by atoms with van der Waals surface area (Å²) < 4.78 is 0. The van der Waals surface area contributed by atoms with Gasteiger partial charge < -0.3 is 11.1 Å². The minimum absolute atomic E-state index is 0. The Morgan fingerprint density at radius 1 is 1.55 bits per heavy atom. The Labute approximate surface area is 135 Å². The highest BCUT2D eigenvalue weighted by molar-refractivity contribution is 5.93. The van der Waals surface area contributed by atoms with Crippen molar-refractivity contribution in [1.29, 1.82) is 0 Å². The molecule has 1 heterocycles. The second kappa shape index (κ2) is 8.07. The maximum Gasteiger partial charge on any atom is 0.274 e. The lowest BCUT2D eigenvalue weighted by Crippen LogP contribution is -2.43. The van der Waals surface area contributed by atoms with E-state index in [9.17, 15) is 14.9 Å². The Morgan fingerprint density at radius 3 is 2.86 bits per heavy atom. The fraction of sp³-hybridized carbons (Fsp3) is 0.500. The third kappa shape index (κ3) is 4.40. The van der Waals surface area contributed by atoms with Crippen molar-refractivity contribution >= 4 is 24.0 Å². The number of nitrogens with zero attached hydrogens (tertiary/aromatic N) is 2. The molecule has 0 aromatic heterocycles. The van der Waals surface area contributed by atoms with Gasteiger partial charge in [0.25, 0.3) is 5.69 Å². The highest BCUT2D eigenvalue weighted by Gasteiger charge is 2.22. The van der Waals surface area contributed by atoms with Crippen molar-refractivity contribution in [3.8, 4) is 0 Å². The van der Waals surface area contributed by atoms with E-state index in [4.69, 9.17) is 5.73 Å². The van der Waals surface area contributed by atoms with Gasteiger partial charge in [-0.1, -0.05) is 6.07 Å². The number of halogens is 1. The van der Waals surface area contributed by atoms with Crippen molar-refractivity contribution in [1.82, 2.24) is 10.2 Å². The molecule has 1 atom stereocenters. The molecule has 1 amide bonds. The summed E-state index contributed by atoms with van der Waals surface area (Å²) in [5.74, 6) is -0.655. The maximum absolute atomic E-state index is 11.2. The third-order valence-corrected chi connectivity index (χ3v) is 3.87. The predicted molar refractivity (Wildman–Crippen MR) is 86.2 cm³/mol. The summed E-state index contributed by atoms with van der Waals surface area (Å²) >= 11 is 0. The van der Waals surface area contributed by atoms with Gasteiger partial charge in [0.1, 0.15) is 0 Å². The summed E-state index contributed by atoms with van der Waals surface area (Å²) in [5, 5.41) is 14.4. The SMILES string of the molecule is CNC1CCCN(Cc2ccc(C(N)=O)cc2[N+](=O)[O-])C1.Cl. The van der Waals surface area contributed by atoms with E-state index in [0.717, 1.165) is 25.9 Å². The van der Waals surface area contributed by atoms with Crippen LogP contribution >= 0.6 is 12.4 Å². The van der Waals surface area contributed by atoms with Crippen molar-refractivity contribution in [2.75, 3.05) is 20.1 Å². The summed E-state index contributed by atoms with van der Waals surface area (Å²) in [6.45, 7) is 2.30. The molecule has 22 heavy (non-hydrogen) atoms. The van der Waals surface area contributed by atoms with Gasteiger partial charge in [-0.3, -0.25) is 19.8 Å². The Morgan fingerprint density at radius 2 is 2.27 bits per heavy atom. The van der Waals surface area contributed by atoms with Gasteiger partial charge in [0.2, 0.25) is 5.91 Å². The normalized spacial score (nSPS) is 18.5. The van der Waals surface area contributed by atoms with E-state index in [1.165, 1.54) is 6.07 Å². The number of nitrogens with two attached hydrogens (primary N) is 1. The number of piperidine rings is 1. The number of hydrogen-bond donors (Lipinski definition) is 2. The van der Waals surface area contributed by atoms with E-state index in [2.05, 4.69) is 10.2 Å². The van der Waals surface area contributed by atoms with Crippen LogP contribution in [0.5, 0.6) is 0 Å². The summed E-state index contributed by atoms with van der Waals surface area (Å²) in [6, 6.07) is 4.85. The van der Waals surface area contributed by atoms with Crippen LogP contribution in [0, 0.1) is 10.1 Å². The van der Waals surface area contributed by atoms with Crippen molar-refractivity contribution < 1.29 is 9.72 Å². The fourth-order valence-electron chi connectivity index (χ4n) is 2.70. The van der Waals surface area contributed by atoms with E-state index in [1.54, 1.807) is 12.1 Å². The summed E-state index contributed by atoms with van der Waals surface area (Å²) in [7, 11) is 1.93. The van der Waals surface area contributed by atoms with Gasteiger partial charge in [-0.05, 0) is 32.5 Å². The van der Waals surface area contributed by atoms with Gasteiger partial charge in [-0.25, -0.2) is 0 Å². The number of likely N-dealkylation sites (N-methyl/N-ethyl adjacent to an activating group) is 1. The molecule has 3 N–H and O–H groups in total. The molecule has 8 heteroatoms. The average Bonchev–Trinajstić information content (AvgIpc) is 2.47. The van der Waals surface area contributed by atoms with Crippen LogP contribution in [0.2, 0.25) is 0 Å². The summed E-state index contributed by atoms with van der Waals surface area (Å²) in [4.78, 5) is 24.1. The lowest BCUT2D eigenvalue weighted by Gasteiger charge is -2.32. The molecule has 1 aromatic rings. The van der Waals surface area contributed by atoms with Gasteiger partial charge in [-0.2, -0.15) is 0 Å². The first-order valence-corrected chi connectivity index (χ1v) is 6.98. The zero-order valence-electron chi connectivity index (χ0n) is 12.4. The van der Waals surface area contributed by atoms with E-state index >= 15 is 0 Å². The Balaban J connectivity index is 0.00000242. The average molecular weight is 329 g/mol. The topological polar surface area (TPSA) is 102 Å². The number of carbonyl (C=O) groups is 1. The molecule has 1 aromatic carbocycles. The molecule has 0 bridgehead atoms. The van der Waals surface area contributed by atoms with Crippen molar-refractivity contribution in [2.24, 2.45) is 5.73 Å². The lowest BCUT2D eigenvalue weighted by atomic mass is 10.0. The number of benzene rings is 1. The van der Waals surface area contributed by atoms with Gasteiger partial charge in [0.15, 0.2) is 0 Å². The molecule has 1 saturated heterocycles. The lowest BCUT2D eigenvalue weighted by molar-refractivity contribution is -0.385. The van der Waals surface area contributed by atoms with Crippen LogP contribution in [0.25, 0.3) is 0 Å². The van der Waals surface area contributed by atoms with Gasteiger partial charge in [0, 0.05) is 36.3 Å². The zero-order valence-corrected chi connectivity index (χ0v) is 13.3. The quantitative estimate of drug-likeness (QED) is 0.626. The second-order valence-corrected chi connectivity index (χ2v) is 5.33. The predicted octanol–water partition coefficient (Wildman–Crippen LogP) is 1.30. The molecule has 0 saturated carbocycles. The van der Waals surface area contributed by atoms with E-state index < -0.39 is 10.8 Å². The Kier molecular flexibility index (Phi) is 6.73. The van der Waals surface area contributed by atoms with Crippen LogP contribution < -0.4 is 11.1 Å². The molecule has 1 aliphatic rings. The molecule has 1 fully saturated rings. The minimum atomic E-state index is -0.655. The first-order valence-electron chi connectivity index (χ1n) is 6.98. The van der Waals surface area contributed by atoms with Gasteiger partial charge in [0.05, 0.1) is 4.92 Å². The molecular weight excluding hydrogens is 308 g/mol. The number of nitrogens with one attached hydrogen (secondary N) is 1. The van der Waals surface area contributed by atoms with Gasteiger partial charge >= 0.3 is 0 Å². The fourth-order valence-corrected chi connectivity index (χ4v) is 2.70. The van der Waals surface area contributed by atoms with E-state index in [1.807, 2.05) is 7.05 Å². The molecule has 1 aliphatic heterocycles.